The van der Waals surface area contributed by atoms with Gasteiger partial charge in [0.05, 0.1) is 0 Å². The molecule has 18 heavy (non-hydrogen) atoms. The van der Waals surface area contributed by atoms with Crippen LogP contribution in [0.15, 0.2) is 18.2 Å². The molecule has 1 aromatic carbocycles. The van der Waals surface area contributed by atoms with Gasteiger partial charge in [0.2, 0.25) is 0 Å². The molecule has 0 heterocycles. The van der Waals surface area contributed by atoms with Gasteiger partial charge in [-0.1, -0.05) is 0 Å². The minimum absolute atomic E-state index is 0.342. The van der Waals surface area contributed by atoms with Gasteiger partial charge in [-0.05, 0) is 44.5 Å². The molecule has 0 unspecified atom stereocenters. The maximum absolute atomic E-state index is 12.2. The van der Waals surface area contributed by atoms with Crippen LogP contribution in [0.3, 0.4) is 0 Å². The first-order chi connectivity index (χ1) is 8.17. The Morgan fingerprint density at radius 1 is 1.33 bits per heavy atom. The lowest BCUT2D eigenvalue weighted by molar-refractivity contribution is -0.147. The third-order valence-electron chi connectivity index (χ3n) is 3.18. The predicted octanol–water partition coefficient (Wildman–Crippen LogP) is 1.51. The second kappa shape index (κ2) is 4.68. The molecular weight excluding hydrogens is 232 g/mol. The highest BCUT2D eigenvalue weighted by Gasteiger charge is 2.35. The SMILES string of the molecule is Cc1cc(C(=O)N(C)C(C)(C)C(=O)O)ccc1N. The number of rotatable bonds is 3. The summed E-state index contributed by atoms with van der Waals surface area (Å²) in [5.74, 6) is -1.39. The lowest BCUT2D eigenvalue weighted by Crippen LogP contribution is -2.50. The van der Waals surface area contributed by atoms with Crippen molar-refractivity contribution in [2.75, 3.05) is 12.8 Å². The second-order valence-electron chi connectivity index (χ2n) is 4.80. The number of benzene rings is 1. The summed E-state index contributed by atoms with van der Waals surface area (Å²) in [5.41, 5.74) is 6.25. The normalized spacial score (nSPS) is 11.1. The number of carboxylic acid groups (broad SMARTS) is 1. The van der Waals surface area contributed by atoms with E-state index in [0.717, 1.165) is 5.56 Å². The second-order valence-corrected chi connectivity index (χ2v) is 4.80. The van der Waals surface area contributed by atoms with E-state index in [1.165, 1.54) is 25.8 Å². The van der Waals surface area contributed by atoms with Crippen molar-refractivity contribution < 1.29 is 14.7 Å². The van der Waals surface area contributed by atoms with Crippen molar-refractivity contribution in [3.05, 3.63) is 29.3 Å². The fourth-order valence-corrected chi connectivity index (χ4v) is 1.40. The van der Waals surface area contributed by atoms with Crippen LogP contribution in [0.25, 0.3) is 0 Å². The van der Waals surface area contributed by atoms with E-state index in [-0.39, 0.29) is 5.91 Å². The molecule has 0 radical (unpaired) electrons. The highest BCUT2D eigenvalue weighted by Crippen LogP contribution is 2.19. The summed E-state index contributed by atoms with van der Waals surface area (Å²) in [7, 11) is 1.47. The van der Waals surface area contributed by atoms with Gasteiger partial charge < -0.3 is 15.7 Å². The van der Waals surface area contributed by atoms with Crippen LogP contribution >= 0.6 is 0 Å². The molecule has 0 fully saturated rings. The molecule has 5 heteroatoms. The number of nitrogen functional groups attached to an aromatic ring is 1. The number of nitrogens with zero attached hydrogens (tertiary/aromatic N) is 1. The van der Waals surface area contributed by atoms with Crippen molar-refractivity contribution in [2.24, 2.45) is 0 Å². The maximum atomic E-state index is 12.2. The summed E-state index contributed by atoms with van der Waals surface area (Å²) in [4.78, 5) is 24.5. The fraction of sp³-hybridized carbons (Fsp3) is 0.385. The van der Waals surface area contributed by atoms with Crippen LogP contribution in [0.4, 0.5) is 5.69 Å². The Hall–Kier alpha value is -2.04. The first-order valence-corrected chi connectivity index (χ1v) is 5.55. The predicted molar refractivity (Wildman–Crippen MR) is 69.4 cm³/mol. The molecule has 0 saturated heterocycles. The van der Waals surface area contributed by atoms with Gasteiger partial charge in [0.25, 0.3) is 5.91 Å². The molecular formula is C13H18N2O3. The quantitative estimate of drug-likeness (QED) is 0.796. The summed E-state index contributed by atoms with van der Waals surface area (Å²) in [6.45, 7) is 4.77. The molecule has 1 aromatic rings. The number of aryl methyl sites for hydroxylation is 1. The monoisotopic (exact) mass is 250 g/mol. The molecule has 5 nitrogen and oxygen atoms in total. The largest absolute Gasteiger partial charge is 0.480 e. The molecule has 0 saturated carbocycles. The number of likely N-dealkylation sites (N-methyl/N-ethyl adjacent to an activating group) is 1. The molecule has 0 aliphatic carbocycles. The van der Waals surface area contributed by atoms with Crippen LogP contribution < -0.4 is 5.73 Å². The number of carbonyl (C=O) groups is 2. The first kappa shape index (κ1) is 14.0. The molecule has 0 bridgehead atoms. The van der Waals surface area contributed by atoms with E-state index in [1.807, 2.05) is 0 Å². The van der Waals surface area contributed by atoms with Crippen molar-refractivity contribution >= 4 is 17.6 Å². The van der Waals surface area contributed by atoms with Gasteiger partial charge in [0, 0.05) is 18.3 Å². The highest BCUT2D eigenvalue weighted by molar-refractivity contribution is 5.97. The number of carbonyl (C=O) groups excluding carboxylic acids is 1. The van der Waals surface area contributed by atoms with Gasteiger partial charge >= 0.3 is 5.97 Å². The van der Waals surface area contributed by atoms with E-state index in [9.17, 15) is 9.59 Å². The van der Waals surface area contributed by atoms with Crippen molar-refractivity contribution in [3.63, 3.8) is 0 Å². The maximum Gasteiger partial charge on any atom is 0.329 e. The average Bonchev–Trinajstić information content (AvgIpc) is 2.30. The molecule has 0 aliphatic heterocycles. The zero-order valence-electron chi connectivity index (χ0n) is 11.0. The van der Waals surface area contributed by atoms with Gasteiger partial charge in [-0.25, -0.2) is 4.79 Å². The molecule has 0 atom stereocenters. The lowest BCUT2D eigenvalue weighted by atomic mass is 10.0. The molecule has 0 spiro atoms. The third kappa shape index (κ3) is 2.45. The zero-order valence-corrected chi connectivity index (χ0v) is 11.0. The molecule has 3 N–H and O–H groups in total. The van der Waals surface area contributed by atoms with E-state index in [4.69, 9.17) is 10.8 Å². The Morgan fingerprint density at radius 2 is 1.89 bits per heavy atom. The number of aliphatic carboxylic acids is 1. The minimum Gasteiger partial charge on any atom is -0.480 e. The van der Waals surface area contributed by atoms with Crippen LogP contribution in [0, 0.1) is 6.92 Å². The van der Waals surface area contributed by atoms with E-state index >= 15 is 0 Å². The van der Waals surface area contributed by atoms with E-state index in [1.54, 1.807) is 25.1 Å². The standard InChI is InChI=1S/C13H18N2O3/c1-8-7-9(5-6-10(8)14)11(16)15(4)13(2,3)12(17)18/h5-7H,14H2,1-4H3,(H,17,18). The number of hydrogen-bond acceptors (Lipinski definition) is 3. The number of hydrogen-bond donors (Lipinski definition) is 2. The number of carboxylic acids is 1. The molecule has 1 rings (SSSR count). The summed E-state index contributed by atoms with van der Waals surface area (Å²) >= 11 is 0. The van der Waals surface area contributed by atoms with Crippen LogP contribution in [0.5, 0.6) is 0 Å². The molecule has 0 aromatic heterocycles. The molecule has 98 valence electrons. The summed E-state index contributed by atoms with van der Waals surface area (Å²) < 4.78 is 0. The van der Waals surface area contributed by atoms with Gasteiger partial charge in [0.1, 0.15) is 5.54 Å². The topological polar surface area (TPSA) is 83.6 Å². The van der Waals surface area contributed by atoms with Crippen LogP contribution in [0.2, 0.25) is 0 Å². The Labute approximate surface area is 106 Å². The van der Waals surface area contributed by atoms with Gasteiger partial charge in [-0.2, -0.15) is 0 Å². The minimum atomic E-state index is -1.26. The molecule has 1 amide bonds. The Bertz CT molecular complexity index is 495. The van der Waals surface area contributed by atoms with Crippen LogP contribution in [-0.4, -0.2) is 34.5 Å². The van der Waals surface area contributed by atoms with Crippen LogP contribution in [-0.2, 0) is 4.79 Å². The smallest absolute Gasteiger partial charge is 0.329 e. The van der Waals surface area contributed by atoms with Crippen molar-refractivity contribution in [2.45, 2.75) is 26.3 Å². The average molecular weight is 250 g/mol. The lowest BCUT2D eigenvalue weighted by Gasteiger charge is -2.31. The van der Waals surface area contributed by atoms with Gasteiger partial charge in [-0.15, -0.1) is 0 Å². The summed E-state index contributed by atoms with van der Waals surface area (Å²) in [5, 5.41) is 9.09. The Morgan fingerprint density at radius 3 is 2.33 bits per heavy atom. The fourth-order valence-electron chi connectivity index (χ4n) is 1.40. The van der Waals surface area contributed by atoms with E-state index in [2.05, 4.69) is 0 Å². The van der Waals surface area contributed by atoms with Crippen molar-refractivity contribution in [3.8, 4) is 0 Å². The van der Waals surface area contributed by atoms with Gasteiger partial charge in [0.15, 0.2) is 0 Å². The van der Waals surface area contributed by atoms with Crippen molar-refractivity contribution in [1.82, 2.24) is 4.90 Å². The Balaban J connectivity index is 3.07. The Kier molecular flexibility index (Phi) is 3.65. The molecule has 0 aliphatic rings. The first-order valence-electron chi connectivity index (χ1n) is 5.55. The van der Waals surface area contributed by atoms with Crippen molar-refractivity contribution in [1.29, 1.82) is 0 Å². The number of amides is 1. The number of nitrogens with two attached hydrogens (primary N) is 1. The summed E-state index contributed by atoms with van der Waals surface area (Å²) in [6, 6.07) is 4.90. The van der Waals surface area contributed by atoms with Crippen LogP contribution in [0.1, 0.15) is 29.8 Å². The number of anilines is 1. The third-order valence-corrected chi connectivity index (χ3v) is 3.18. The van der Waals surface area contributed by atoms with Gasteiger partial charge in [-0.3, -0.25) is 4.79 Å². The zero-order chi connectivity index (χ0) is 14.1. The summed E-state index contributed by atoms with van der Waals surface area (Å²) in [6.07, 6.45) is 0. The van der Waals surface area contributed by atoms with E-state index < -0.39 is 11.5 Å². The van der Waals surface area contributed by atoms with E-state index in [0.29, 0.717) is 11.3 Å². The highest BCUT2D eigenvalue weighted by atomic mass is 16.4.